The lowest BCUT2D eigenvalue weighted by molar-refractivity contribution is -0.143. The van der Waals surface area contributed by atoms with Crippen molar-refractivity contribution in [2.75, 3.05) is 13.1 Å². The second-order valence-corrected chi connectivity index (χ2v) is 5.10. The molecule has 4 amide bonds. The van der Waals surface area contributed by atoms with E-state index in [4.69, 9.17) is 21.7 Å². The number of carbonyl (C=O) groups excluding carboxylic acids is 4. The smallest absolute Gasteiger partial charge is 0.326 e. The predicted molar refractivity (Wildman–Crippen MR) is 84.2 cm³/mol. The summed E-state index contributed by atoms with van der Waals surface area (Å²) in [5.41, 5.74) is 10.1. The Hall–Kier alpha value is -3.22. The third-order valence-electron chi connectivity index (χ3n) is 2.95. The minimum Gasteiger partial charge on any atom is -0.481 e. The van der Waals surface area contributed by atoms with E-state index in [1.165, 1.54) is 0 Å². The number of hydrogen-bond donors (Lipinski definition) is 7. The van der Waals surface area contributed by atoms with Crippen LogP contribution in [0.2, 0.25) is 0 Å². The molecule has 0 aromatic rings. The number of aliphatic carboxylic acids is 2. The van der Waals surface area contributed by atoms with Crippen molar-refractivity contribution in [2.24, 2.45) is 11.5 Å². The maximum atomic E-state index is 11.9. The summed E-state index contributed by atoms with van der Waals surface area (Å²) in [6.45, 7) is -1.10. The molecule has 0 bridgehead atoms. The molecule has 26 heavy (non-hydrogen) atoms. The Kier molecular flexibility index (Phi) is 9.95. The molecular weight excluding hydrogens is 354 g/mol. The number of nitrogens with two attached hydrogens (primary N) is 2. The molecule has 0 heterocycles. The number of nitrogens with one attached hydrogen (secondary N) is 3. The van der Waals surface area contributed by atoms with Gasteiger partial charge in [0.15, 0.2) is 0 Å². The summed E-state index contributed by atoms with van der Waals surface area (Å²) in [6.07, 6.45) is -1.35. The number of carbonyl (C=O) groups is 6. The van der Waals surface area contributed by atoms with Crippen LogP contribution in [0.5, 0.6) is 0 Å². The fourth-order valence-corrected chi connectivity index (χ4v) is 1.72. The number of carboxylic acid groups (broad SMARTS) is 2. The highest BCUT2D eigenvalue weighted by Gasteiger charge is 2.24. The van der Waals surface area contributed by atoms with Gasteiger partial charge in [0, 0.05) is 6.42 Å². The summed E-state index contributed by atoms with van der Waals surface area (Å²) in [4.78, 5) is 67.2. The average molecular weight is 375 g/mol. The summed E-state index contributed by atoms with van der Waals surface area (Å²) in [5, 5.41) is 23.7. The Balaban J connectivity index is 4.65. The van der Waals surface area contributed by atoms with Gasteiger partial charge in [-0.1, -0.05) is 0 Å². The minimum atomic E-state index is -1.45. The van der Waals surface area contributed by atoms with Crippen LogP contribution in [0.15, 0.2) is 0 Å². The van der Waals surface area contributed by atoms with Crippen LogP contribution < -0.4 is 27.4 Å². The molecule has 0 fully saturated rings. The normalized spacial score (nSPS) is 12.3. The van der Waals surface area contributed by atoms with Crippen molar-refractivity contribution in [1.82, 2.24) is 16.0 Å². The highest BCUT2D eigenvalue weighted by Crippen LogP contribution is 1.98. The summed E-state index contributed by atoms with van der Waals surface area (Å²) >= 11 is 0. The number of amides is 4. The Morgan fingerprint density at radius 2 is 1.50 bits per heavy atom. The lowest BCUT2D eigenvalue weighted by Crippen LogP contribution is -2.52. The van der Waals surface area contributed by atoms with Gasteiger partial charge in [-0.25, -0.2) is 4.79 Å². The summed E-state index contributed by atoms with van der Waals surface area (Å²) in [6, 6.07) is -2.80. The van der Waals surface area contributed by atoms with E-state index in [-0.39, 0.29) is 6.42 Å². The fraction of sp³-hybridized carbons (Fsp3) is 0.538. The quantitative estimate of drug-likeness (QED) is 0.175. The number of carboxylic acids is 2. The minimum absolute atomic E-state index is 0.346. The number of hydrogen-bond acceptors (Lipinski definition) is 7. The van der Waals surface area contributed by atoms with E-state index in [1.54, 1.807) is 0 Å². The molecule has 0 saturated heterocycles. The maximum absolute atomic E-state index is 11.9. The summed E-state index contributed by atoms with van der Waals surface area (Å²) < 4.78 is 0. The zero-order valence-corrected chi connectivity index (χ0v) is 13.7. The van der Waals surface area contributed by atoms with Crippen LogP contribution in [0.3, 0.4) is 0 Å². The topological polar surface area (TPSA) is 231 Å². The first-order valence-corrected chi connectivity index (χ1v) is 7.36. The zero-order chi connectivity index (χ0) is 20.3. The van der Waals surface area contributed by atoms with Gasteiger partial charge in [-0.15, -0.1) is 0 Å². The van der Waals surface area contributed by atoms with Crippen molar-refractivity contribution in [3.05, 3.63) is 0 Å². The molecule has 9 N–H and O–H groups in total. The predicted octanol–water partition coefficient (Wildman–Crippen LogP) is -4.14. The molecular formula is C13H21N5O8. The molecule has 0 spiro atoms. The van der Waals surface area contributed by atoms with E-state index >= 15 is 0 Å². The van der Waals surface area contributed by atoms with E-state index in [9.17, 15) is 28.8 Å². The van der Waals surface area contributed by atoms with Crippen molar-refractivity contribution < 1.29 is 39.0 Å². The monoisotopic (exact) mass is 375 g/mol. The zero-order valence-electron chi connectivity index (χ0n) is 13.7. The molecule has 13 nitrogen and oxygen atoms in total. The van der Waals surface area contributed by atoms with Gasteiger partial charge in [-0.2, -0.15) is 0 Å². The van der Waals surface area contributed by atoms with Crippen LogP contribution in [0, 0.1) is 0 Å². The third kappa shape index (κ3) is 9.82. The van der Waals surface area contributed by atoms with Gasteiger partial charge in [0.1, 0.15) is 12.1 Å². The van der Waals surface area contributed by atoms with Gasteiger partial charge in [0.05, 0.1) is 19.5 Å². The Bertz CT molecular complexity index is 579. The van der Waals surface area contributed by atoms with Gasteiger partial charge in [0.25, 0.3) is 0 Å². The number of rotatable bonds is 12. The highest BCUT2D eigenvalue weighted by atomic mass is 16.4. The van der Waals surface area contributed by atoms with Gasteiger partial charge in [0.2, 0.25) is 23.6 Å². The standard InChI is InChI=1S/C13H21N5O8/c14-4-9(20)18-7(3-8(15)19)12(24)16-5-10(21)17-6(13(25)26)1-2-11(22)23/h6-7H,1-5,14H2,(H2,15,19)(H,16,24)(H,17,21)(H,18,20)(H,22,23)(H,25,26). The first-order valence-electron chi connectivity index (χ1n) is 7.36. The average Bonchev–Trinajstić information content (AvgIpc) is 2.54. The largest absolute Gasteiger partial charge is 0.481 e. The maximum Gasteiger partial charge on any atom is 0.326 e. The molecule has 2 unspecified atom stereocenters. The first kappa shape index (κ1) is 22.8. The SMILES string of the molecule is NCC(=O)NC(CC(N)=O)C(=O)NCC(=O)NC(CCC(=O)O)C(=O)O. The van der Waals surface area contributed by atoms with Crippen molar-refractivity contribution in [3.8, 4) is 0 Å². The second-order valence-electron chi connectivity index (χ2n) is 5.10. The molecule has 0 aromatic carbocycles. The van der Waals surface area contributed by atoms with Crippen molar-refractivity contribution in [2.45, 2.75) is 31.3 Å². The lowest BCUT2D eigenvalue weighted by Gasteiger charge is -2.17. The molecule has 13 heteroatoms. The van der Waals surface area contributed by atoms with Crippen LogP contribution in [0.25, 0.3) is 0 Å². The molecule has 0 radical (unpaired) electrons. The van der Waals surface area contributed by atoms with Crippen molar-refractivity contribution in [1.29, 1.82) is 0 Å². The third-order valence-corrected chi connectivity index (χ3v) is 2.95. The van der Waals surface area contributed by atoms with Gasteiger partial charge >= 0.3 is 11.9 Å². The van der Waals surface area contributed by atoms with Crippen LogP contribution >= 0.6 is 0 Å². The van der Waals surface area contributed by atoms with Gasteiger partial charge in [-0.05, 0) is 6.42 Å². The Labute approximate surface area is 147 Å². The van der Waals surface area contributed by atoms with Gasteiger partial charge in [-0.3, -0.25) is 24.0 Å². The lowest BCUT2D eigenvalue weighted by atomic mass is 10.1. The first-order chi connectivity index (χ1) is 12.1. The van der Waals surface area contributed by atoms with Crippen molar-refractivity contribution in [3.63, 3.8) is 0 Å². The highest BCUT2D eigenvalue weighted by molar-refractivity contribution is 5.94. The molecule has 2 atom stereocenters. The van der Waals surface area contributed by atoms with E-state index in [0.29, 0.717) is 0 Å². The Morgan fingerprint density at radius 1 is 0.923 bits per heavy atom. The second kappa shape index (κ2) is 11.4. The molecule has 0 saturated carbocycles. The fourth-order valence-electron chi connectivity index (χ4n) is 1.72. The number of primary amides is 1. The Morgan fingerprint density at radius 3 is 1.96 bits per heavy atom. The molecule has 0 aliphatic carbocycles. The molecule has 0 aliphatic rings. The van der Waals surface area contributed by atoms with E-state index in [1.807, 2.05) is 5.32 Å². The molecule has 0 aromatic heterocycles. The van der Waals surface area contributed by atoms with Crippen molar-refractivity contribution >= 4 is 35.6 Å². The van der Waals surface area contributed by atoms with E-state index < -0.39 is 73.6 Å². The van der Waals surface area contributed by atoms with E-state index in [0.717, 1.165) is 0 Å². The van der Waals surface area contributed by atoms with Crippen LogP contribution in [-0.2, 0) is 28.8 Å². The summed E-state index contributed by atoms with van der Waals surface area (Å²) in [7, 11) is 0. The molecule has 0 rings (SSSR count). The van der Waals surface area contributed by atoms with E-state index in [2.05, 4.69) is 10.6 Å². The van der Waals surface area contributed by atoms with Crippen LogP contribution in [0.1, 0.15) is 19.3 Å². The van der Waals surface area contributed by atoms with Crippen LogP contribution in [-0.4, -0.2) is 71.0 Å². The molecule has 146 valence electrons. The van der Waals surface area contributed by atoms with Crippen LogP contribution in [0.4, 0.5) is 0 Å². The molecule has 0 aliphatic heterocycles. The summed E-state index contributed by atoms with van der Waals surface area (Å²) in [5.74, 6) is -6.09. The van der Waals surface area contributed by atoms with Gasteiger partial charge < -0.3 is 37.6 Å².